The molecule has 0 aliphatic rings. The van der Waals surface area contributed by atoms with Crippen LogP contribution in [-0.2, 0) is 0 Å². The first-order chi connectivity index (χ1) is 7.57. The van der Waals surface area contributed by atoms with Gasteiger partial charge in [-0.2, -0.15) is 0 Å². The van der Waals surface area contributed by atoms with Crippen LogP contribution in [0.1, 0.15) is 38.1 Å². The number of hydrogen-bond acceptors (Lipinski definition) is 2. The van der Waals surface area contributed by atoms with Crippen molar-refractivity contribution in [3.63, 3.8) is 0 Å². The van der Waals surface area contributed by atoms with Gasteiger partial charge in [0.05, 0.1) is 0 Å². The predicted molar refractivity (Wildman–Crippen MR) is 62.7 cm³/mol. The summed E-state index contributed by atoms with van der Waals surface area (Å²) in [6.07, 6.45) is 0. The van der Waals surface area contributed by atoms with E-state index < -0.39 is 22.6 Å². The van der Waals surface area contributed by atoms with Crippen molar-refractivity contribution in [3.05, 3.63) is 35.4 Å². The zero-order chi connectivity index (χ0) is 13.4. The Kier molecular flexibility index (Phi) is 3.39. The highest BCUT2D eigenvalue weighted by Crippen LogP contribution is 2.32. The van der Waals surface area contributed by atoms with Gasteiger partial charge in [0.15, 0.2) is 17.4 Å². The van der Waals surface area contributed by atoms with E-state index in [1.54, 1.807) is 27.7 Å². The number of hydrogen-bond donors (Lipinski definition) is 1. The highest BCUT2D eigenvalue weighted by atomic mass is 19.2. The van der Waals surface area contributed by atoms with E-state index in [0.717, 1.165) is 12.1 Å². The summed E-state index contributed by atoms with van der Waals surface area (Å²) in [4.78, 5) is 12.2. The van der Waals surface area contributed by atoms with E-state index in [1.807, 2.05) is 0 Å². The van der Waals surface area contributed by atoms with Crippen molar-refractivity contribution in [2.45, 2.75) is 33.2 Å². The lowest BCUT2D eigenvalue weighted by atomic mass is 9.70. The van der Waals surface area contributed by atoms with E-state index in [-0.39, 0.29) is 11.3 Å². The van der Waals surface area contributed by atoms with Gasteiger partial charge in [0.1, 0.15) is 0 Å². The number of nitrogens with two attached hydrogens (primary N) is 1. The first-order valence-corrected chi connectivity index (χ1v) is 5.36. The second kappa shape index (κ2) is 4.18. The largest absolute Gasteiger partial charge is 0.325 e. The first-order valence-electron chi connectivity index (χ1n) is 5.36. The van der Waals surface area contributed by atoms with Crippen LogP contribution in [-0.4, -0.2) is 11.3 Å². The molecule has 0 saturated heterocycles. The maximum atomic E-state index is 13.1. The minimum Gasteiger partial charge on any atom is -0.325 e. The summed E-state index contributed by atoms with van der Waals surface area (Å²) < 4.78 is 25.8. The highest BCUT2D eigenvalue weighted by Gasteiger charge is 2.40. The van der Waals surface area contributed by atoms with Crippen LogP contribution in [0, 0.1) is 17.0 Å². The number of halogens is 2. The maximum absolute atomic E-state index is 13.1. The third-order valence-electron chi connectivity index (χ3n) is 3.36. The van der Waals surface area contributed by atoms with Crippen LogP contribution in [0.5, 0.6) is 0 Å². The molecule has 0 aromatic heterocycles. The Morgan fingerprint density at radius 2 is 1.65 bits per heavy atom. The average Bonchev–Trinajstić information content (AvgIpc) is 2.19. The van der Waals surface area contributed by atoms with E-state index in [2.05, 4.69) is 0 Å². The highest BCUT2D eigenvalue weighted by molar-refractivity contribution is 6.00. The topological polar surface area (TPSA) is 43.1 Å². The summed E-state index contributed by atoms with van der Waals surface area (Å²) in [5.74, 6) is -2.29. The van der Waals surface area contributed by atoms with Gasteiger partial charge in [-0.15, -0.1) is 0 Å². The number of rotatable bonds is 3. The summed E-state index contributed by atoms with van der Waals surface area (Å²) >= 11 is 0. The fourth-order valence-corrected chi connectivity index (χ4v) is 1.29. The van der Waals surface area contributed by atoms with Gasteiger partial charge in [0.25, 0.3) is 0 Å². The molecule has 1 aromatic carbocycles. The lowest BCUT2D eigenvalue weighted by Gasteiger charge is -2.37. The van der Waals surface area contributed by atoms with Crippen LogP contribution in [0.25, 0.3) is 0 Å². The quantitative estimate of drug-likeness (QED) is 0.827. The number of carbonyl (C=O) groups is 1. The summed E-state index contributed by atoms with van der Waals surface area (Å²) in [7, 11) is 0. The Morgan fingerprint density at radius 3 is 2.06 bits per heavy atom. The van der Waals surface area contributed by atoms with Gasteiger partial charge in [-0.25, -0.2) is 8.78 Å². The summed E-state index contributed by atoms with van der Waals surface area (Å²) in [6.45, 7) is 6.84. The van der Waals surface area contributed by atoms with Crippen molar-refractivity contribution in [1.29, 1.82) is 0 Å². The van der Waals surface area contributed by atoms with E-state index in [9.17, 15) is 13.6 Å². The normalized spacial score (nSPS) is 12.6. The van der Waals surface area contributed by atoms with Crippen molar-refractivity contribution >= 4 is 5.78 Å². The minimum absolute atomic E-state index is 0.132. The molecule has 0 aliphatic carbocycles. The molecule has 0 heterocycles. The molecule has 0 radical (unpaired) electrons. The molecule has 2 nitrogen and oxygen atoms in total. The third-order valence-corrected chi connectivity index (χ3v) is 3.36. The molecule has 0 atom stereocenters. The molecule has 0 fully saturated rings. The van der Waals surface area contributed by atoms with Crippen molar-refractivity contribution in [3.8, 4) is 0 Å². The number of ketones is 1. The molecule has 0 spiro atoms. The van der Waals surface area contributed by atoms with Gasteiger partial charge in [-0.1, -0.05) is 13.8 Å². The predicted octanol–water partition coefficient (Wildman–Crippen LogP) is 2.91. The monoisotopic (exact) mass is 241 g/mol. The van der Waals surface area contributed by atoms with Gasteiger partial charge in [-0.05, 0) is 32.0 Å². The van der Waals surface area contributed by atoms with Crippen molar-refractivity contribution in [2.24, 2.45) is 11.1 Å². The molecule has 0 amide bonds. The van der Waals surface area contributed by atoms with Gasteiger partial charge in [0.2, 0.25) is 0 Å². The van der Waals surface area contributed by atoms with Crippen LogP contribution in [0.4, 0.5) is 8.78 Å². The van der Waals surface area contributed by atoms with Crippen molar-refractivity contribution in [2.75, 3.05) is 0 Å². The number of carbonyl (C=O) groups excluding carboxylic acids is 1. The molecular formula is C13H17F2NO. The van der Waals surface area contributed by atoms with Crippen LogP contribution >= 0.6 is 0 Å². The molecular weight excluding hydrogens is 224 g/mol. The maximum Gasteiger partial charge on any atom is 0.170 e. The Hall–Kier alpha value is -1.29. The molecule has 17 heavy (non-hydrogen) atoms. The van der Waals surface area contributed by atoms with Crippen LogP contribution in [0.3, 0.4) is 0 Å². The summed E-state index contributed by atoms with van der Waals surface area (Å²) in [5.41, 5.74) is 4.44. The van der Waals surface area contributed by atoms with Gasteiger partial charge in [0, 0.05) is 16.5 Å². The molecule has 0 unspecified atom stereocenters. The van der Waals surface area contributed by atoms with E-state index >= 15 is 0 Å². The fraction of sp³-hybridized carbons (Fsp3) is 0.462. The standard InChI is InChI=1S/C13H17F2NO/c1-12(2,13(3,4)16)11(17)8-5-6-9(14)10(15)7-8/h5-7H,16H2,1-4H3. The van der Waals surface area contributed by atoms with E-state index in [4.69, 9.17) is 5.73 Å². The molecule has 94 valence electrons. The van der Waals surface area contributed by atoms with Gasteiger partial charge < -0.3 is 5.73 Å². The van der Waals surface area contributed by atoms with Crippen LogP contribution in [0.2, 0.25) is 0 Å². The minimum atomic E-state index is -1.03. The molecule has 0 bridgehead atoms. The van der Waals surface area contributed by atoms with Gasteiger partial charge in [-0.3, -0.25) is 4.79 Å². The zero-order valence-electron chi connectivity index (χ0n) is 10.5. The molecule has 1 aromatic rings. The fourth-order valence-electron chi connectivity index (χ4n) is 1.29. The first kappa shape index (κ1) is 13.8. The van der Waals surface area contributed by atoms with Crippen LogP contribution in [0.15, 0.2) is 18.2 Å². The van der Waals surface area contributed by atoms with Crippen molar-refractivity contribution in [1.82, 2.24) is 0 Å². The summed E-state index contributed by atoms with van der Waals surface area (Å²) in [6, 6.07) is 3.13. The lowest BCUT2D eigenvalue weighted by molar-refractivity contribution is 0.0734. The second-order valence-corrected chi connectivity index (χ2v) is 5.30. The summed E-state index contributed by atoms with van der Waals surface area (Å²) in [5, 5.41) is 0. The van der Waals surface area contributed by atoms with Crippen LogP contribution < -0.4 is 5.73 Å². The SMILES string of the molecule is CC(C)(N)C(C)(C)C(=O)c1ccc(F)c(F)c1. The molecule has 2 N–H and O–H groups in total. The molecule has 4 heteroatoms. The Morgan fingerprint density at radius 1 is 1.12 bits per heavy atom. The average molecular weight is 241 g/mol. The van der Waals surface area contributed by atoms with E-state index in [0.29, 0.717) is 0 Å². The number of benzene rings is 1. The molecule has 0 saturated carbocycles. The second-order valence-electron chi connectivity index (χ2n) is 5.30. The Labute approximate surface area is 99.8 Å². The number of Topliss-reactive ketones (excluding diaryl/α,β-unsaturated/α-hetero) is 1. The molecule has 0 aliphatic heterocycles. The Bertz CT molecular complexity index is 447. The smallest absolute Gasteiger partial charge is 0.170 e. The van der Waals surface area contributed by atoms with Crippen molar-refractivity contribution < 1.29 is 13.6 Å². The van der Waals surface area contributed by atoms with Gasteiger partial charge >= 0.3 is 0 Å². The lowest BCUT2D eigenvalue weighted by Crippen LogP contribution is -2.51. The van der Waals surface area contributed by atoms with E-state index in [1.165, 1.54) is 6.07 Å². The zero-order valence-corrected chi connectivity index (χ0v) is 10.5. The third kappa shape index (κ3) is 2.52. The molecule has 1 rings (SSSR count). The Balaban J connectivity index is 3.17.